The third-order valence-corrected chi connectivity index (χ3v) is 4.22. The topological polar surface area (TPSA) is 29.1 Å². The van der Waals surface area contributed by atoms with E-state index in [1.807, 2.05) is 18.2 Å². The molecule has 1 aromatic rings. The Bertz CT molecular complexity index is 417. The molecule has 16 heavy (non-hydrogen) atoms. The van der Waals surface area contributed by atoms with Crippen molar-refractivity contribution in [3.63, 3.8) is 0 Å². The second-order valence-corrected chi connectivity index (χ2v) is 6.32. The van der Waals surface area contributed by atoms with Crippen molar-refractivity contribution >= 4 is 44.4 Å². The molecule has 0 radical (unpaired) electrons. The molecular formula is C12H13BrINO. The standard InChI is InChI=1S/C12H13BrINO/c1-7(8-2-3-8)15-12(16)10-6-9(14)4-5-11(10)13/h4-8H,2-3H2,1H3,(H,15,16). The van der Waals surface area contributed by atoms with Gasteiger partial charge >= 0.3 is 0 Å². The van der Waals surface area contributed by atoms with Gasteiger partial charge in [-0.2, -0.15) is 0 Å². The van der Waals surface area contributed by atoms with Crippen LogP contribution in [0.1, 0.15) is 30.1 Å². The maximum absolute atomic E-state index is 12.0. The highest BCUT2D eigenvalue weighted by Gasteiger charge is 2.29. The van der Waals surface area contributed by atoms with Gasteiger partial charge in [0, 0.05) is 14.1 Å². The van der Waals surface area contributed by atoms with Gasteiger partial charge in [-0.05, 0) is 82.4 Å². The molecule has 86 valence electrons. The smallest absolute Gasteiger partial charge is 0.252 e. The molecule has 2 nitrogen and oxygen atoms in total. The molecule has 0 spiro atoms. The summed E-state index contributed by atoms with van der Waals surface area (Å²) in [5, 5.41) is 3.05. The Morgan fingerprint density at radius 1 is 1.56 bits per heavy atom. The Morgan fingerprint density at radius 3 is 2.88 bits per heavy atom. The molecule has 0 bridgehead atoms. The summed E-state index contributed by atoms with van der Waals surface area (Å²) in [6, 6.07) is 6.08. The lowest BCUT2D eigenvalue weighted by atomic mass is 10.1. The van der Waals surface area contributed by atoms with Crippen LogP contribution in [-0.2, 0) is 0 Å². The average molecular weight is 394 g/mol. The van der Waals surface area contributed by atoms with E-state index >= 15 is 0 Å². The molecule has 1 fully saturated rings. The highest BCUT2D eigenvalue weighted by Crippen LogP contribution is 2.32. The van der Waals surface area contributed by atoms with Crippen molar-refractivity contribution in [2.45, 2.75) is 25.8 Å². The summed E-state index contributed by atoms with van der Waals surface area (Å²) < 4.78 is 1.93. The highest BCUT2D eigenvalue weighted by molar-refractivity contribution is 14.1. The first-order valence-electron chi connectivity index (χ1n) is 5.34. The van der Waals surface area contributed by atoms with Crippen LogP contribution in [0.4, 0.5) is 0 Å². The van der Waals surface area contributed by atoms with E-state index in [0.29, 0.717) is 5.92 Å². The van der Waals surface area contributed by atoms with E-state index in [4.69, 9.17) is 0 Å². The van der Waals surface area contributed by atoms with Gasteiger partial charge in [-0.25, -0.2) is 0 Å². The summed E-state index contributed by atoms with van der Waals surface area (Å²) in [4.78, 5) is 12.0. The first kappa shape index (κ1) is 12.4. The predicted molar refractivity (Wildman–Crippen MR) is 76.5 cm³/mol. The minimum Gasteiger partial charge on any atom is -0.349 e. The Kier molecular flexibility index (Phi) is 3.89. The maximum atomic E-state index is 12.0. The van der Waals surface area contributed by atoms with Crippen molar-refractivity contribution in [2.24, 2.45) is 5.92 Å². The lowest BCUT2D eigenvalue weighted by Crippen LogP contribution is -2.34. The summed E-state index contributed by atoms with van der Waals surface area (Å²) in [6.07, 6.45) is 2.49. The molecule has 1 N–H and O–H groups in total. The number of amides is 1. The number of rotatable bonds is 3. The molecule has 4 heteroatoms. The largest absolute Gasteiger partial charge is 0.349 e. The van der Waals surface area contributed by atoms with Crippen molar-refractivity contribution in [1.29, 1.82) is 0 Å². The normalized spacial score (nSPS) is 16.9. The van der Waals surface area contributed by atoms with Gasteiger partial charge in [0.25, 0.3) is 5.91 Å². The molecule has 0 saturated heterocycles. The Labute approximate surface area is 117 Å². The van der Waals surface area contributed by atoms with E-state index in [0.717, 1.165) is 13.6 Å². The number of carbonyl (C=O) groups excluding carboxylic acids is 1. The van der Waals surface area contributed by atoms with E-state index in [-0.39, 0.29) is 11.9 Å². The zero-order valence-electron chi connectivity index (χ0n) is 8.97. The molecule has 0 heterocycles. The molecule has 1 aliphatic carbocycles. The van der Waals surface area contributed by atoms with Crippen LogP contribution in [0, 0.1) is 9.49 Å². The van der Waals surface area contributed by atoms with Crippen LogP contribution in [0.15, 0.2) is 22.7 Å². The summed E-state index contributed by atoms with van der Waals surface area (Å²) >= 11 is 5.62. The highest BCUT2D eigenvalue weighted by atomic mass is 127. The minimum atomic E-state index is 0.0183. The number of nitrogens with one attached hydrogen (secondary N) is 1. The second kappa shape index (κ2) is 5.04. The summed E-state index contributed by atoms with van der Waals surface area (Å²) in [7, 11) is 0. The van der Waals surface area contributed by atoms with Crippen LogP contribution in [-0.4, -0.2) is 11.9 Å². The zero-order chi connectivity index (χ0) is 11.7. The van der Waals surface area contributed by atoms with E-state index in [9.17, 15) is 4.79 Å². The first-order chi connectivity index (χ1) is 7.58. The van der Waals surface area contributed by atoms with E-state index < -0.39 is 0 Å². The fourth-order valence-electron chi connectivity index (χ4n) is 1.67. The summed E-state index contributed by atoms with van der Waals surface area (Å²) in [6.45, 7) is 2.08. The summed E-state index contributed by atoms with van der Waals surface area (Å²) in [5.41, 5.74) is 0.722. The molecule has 0 aromatic heterocycles. The van der Waals surface area contributed by atoms with Crippen molar-refractivity contribution in [2.75, 3.05) is 0 Å². The quantitative estimate of drug-likeness (QED) is 0.781. The Balaban J connectivity index is 2.10. The molecular weight excluding hydrogens is 381 g/mol. The van der Waals surface area contributed by atoms with Crippen molar-refractivity contribution in [1.82, 2.24) is 5.32 Å². The zero-order valence-corrected chi connectivity index (χ0v) is 12.7. The molecule has 1 atom stereocenters. The molecule has 1 aromatic carbocycles. The van der Waals surface area contributed by atoms with Crippen LogP contribution in [0.2, 0.25) is 0 Å². The first-order valence-corrected chi connectivity index (χ1v) is 7.21. The van der Waals surface area contributed by atoms with Gasteiger partial charge in [0.05, 0.1) is 5.56 Å². The number of benzene rings is 1. The van der Waals surface area contributed by atoms with Gasteiger partial charge in [0.2, 0.25) is 0 Å². The van der Waals surface area contributed by atoms with Crippen LogP contribution in [0.3, 0.4) is 0 Å². The SMILES string of the molecule is CC(NC(=O)c1cc(I)ccc1Br)C1CC1. The molecule has 1 unspecified atom stereocenters. The number of carbonyl (C=O) groups is 1. The van der Waals surface area contributed by atoms with Gasteiger partial charge in [0.1, 0.15) is 0 Å². The van der Waals surface area contributed by atoms with Gasteiger partial charge in [-0.15, -0.1) is 0 Å². The molecule has 1 aliphatic rings. The third-order valence-electron chi connectivity index (χ3n) is 2.86. The molecule has 1 amide bonds. The minimum absolute atomic E-state index is 0.0183. The second-order valence-electron chi connectivity index (χ2n) is 4.22. The van der Waals surface area contributed by atoms with E-state index in [1.165, 1.54) is 12.8 Å². The molecule has 0 aliphatic heterocycles. The Hall–Kier alpha value is -0.100. The van der Waals surface area contributed by atoms with Crippen molar-refractivity contribution < 1.29 is 4.79 Å². The lowest BCUT2D eigenvalue weighted by Gasteiger charge is -2.13. The monoisotopic (exact) mass is 393 g/mol. The third kappa shape index (κ3) is 2.97. The fraction of sp³-hybridized carbons (Fsp3) is 0.417. The summed E-state index contributed by atoms with van der Waals surface area (Å²) in [5.74, 6) is 0.704. The predicted octanol–water partition coefficient (Wildman–Crippen LogP) is 3.58. The Morgan fingerprint density at radius 2 is 2.25 bits per heavy atom. The van der Waals surface area contributed by atoms with Crippen LogP contribution in [0.5, 0.6) is 0 Å². The van der Waals surface area contributed by atoms with E-state index in [1.54, 1.807) is 0 Å². The van der Waals surface area contributed by atoms with Crippen LogP contribution in [0.25, 0.3) is 0 Å². The number of halogens is 2. The fourth-order valence-corrected chi connectivity index (χ4v) is 2.59. The number of hydrogen-bond acceptors (Lipinski definition) is 1. The van der Waals surface area contributed by atoms with E-state index in [2.05, 4.69) is 50.8 Å². The molecule has 2 rings (SSSR count). The molecule has 1 saturated carbocycles. The van der Waals surface area contributed by atoms with Gasteiger partial charge in [0.15, 0.2) is 0 Å². The average Bonchev–Trinajstić information content (AvgIpc) is 3.04. The van der Waals surface area contributed by atoms with Gasteiger partial charge < -0.3 is 5.32 Å². The van der Waals surface area contributed by atoms with Gasteiger partial charge in [-0.3, -0.25) is 4.79 Å². The lowest BCUT2D eigenvalue weighted by molar-refractivity contribution is 0.0935. The van der Waals surface area contributed by atoms with Crippen LogP contribution < -0.4 is 5.32 Å². The maximum Gasteiger partial charge on any atom is 0.252 e. The van der Waals surface area contributed by atoms with Crippen LogP contribution >= 0.6 is 38.5 Å². The van der Waals surface area contributed by atoms with Gasteiger partial charge in [-0.1, -0.05) is 0 Å². The van der Waals surface area contributed by atoms with Crippen molar-refractivity contribution in [3.05, 3.63) is 31.8 Å². The van der Waals surface area contributed by atoms with Crippen molar-refractivity contribution in [3.8, 4) is 0 Å². The number of hydrogen-bond donors (Lipinski definition) is 1.